The van der Waals surface area contributed by atoms with Crippen molar-refractivity contribution in [3.63, 3.8) is 0 Å². The highest BCUT2D eigenvalue weighted by Gasteiger charge is 2.45. The van der Waals surface area contributed by atoms with Crippen LogP contribution in [0.1, 0.15) is 37.4 Å². The second-order valence-electron chi connectivity index (χ2n) is 8.19. The summed E-state index contributed by atoms with van der Waals surface area (Å²) in [6, 6.07) is 1.65. The van der Waals surface area contributed by atoms with E-state index in [2.05, 4.69) is 24.1 Å². The lowest BCUT2D eigenvalue weighted by Gasteiger charge is -2.35. The van der Waals surface area contributed by atoms with E-state index >= 15 is 0 Å². The van der Waals surface area contributed by atoms with Crippen molar-refractivity contribution in [1.29, 1.82) is 0 Å². The first-order valence-corrected chi connectivity index (χ1v) is 10.2. The molecule has 2 atom stereocenters. The maximum Gasteiger partial charge on any atom is 0.228 e. The van der Waals surface area contributed by atoms with Crippen molar-refractivity contribution in [1.82, 2.24) is 24.5 Å². The third-order valence-corrected chi connectivity index (χ3v) is 5.92. The smallest absolute Gasteiger partial charge is 0.228 e. The molecule has 2 unspecified atom stereocenters. The first-order chi connectivity index (χ1) is 13.4. The number of likely N-dealkylation sites (tertiary alicyclic amines) is 2. The fourth-order valence-electron chi connectivity index (χ4n) is 4.28. The van der Waals surface area contributed by atoms with Gasteiger partial charge in [-0.15, -0.1) is 0 Å². The summed E-state index contributed by atoms with van der Waals surface area (Å²) in [7, 11) is 7.76. The standard InChI is InChI=1S/C20H33N5O3/c1-22(2)10-5-13-28-15-7-11-25(12-8-15)20(27)16-14-18(26)23(3)19(16)17-6-9-21-24(17)4/h6,9,15-16,19H,5,7-8,10-14H2,1-4H3. The first-order valence-electron chi connectivity index (χ1n) is 10.2. The quantitative estimate of drug-likeness (QED) is 0.646. The molecule has 0 radical (unpaired) electrons. The molecule has 3 heterocycles. The van der Waals surface area contributed by atoms with Crippen LogP contribution in [0.25, 0.3) is 0 Å². The number of rotatable bonds is 7. The Hall–Kier alpha value is -1.93. The van der Waals surface area contributed by atoms with Crippen LogP contribution in [0.4, 0.5) is 0 Å². The van der Waals surface area contributed by atoms with Crippen molar-refractivity contribution in [3.05, 3.63) is 18.0 Å². The van der Waals surface area contributed by atoms with Crippen LogP contribution in [-0.2, 0) is 21.4 Å². The predicted molar refractivity (Wildman–Crippen MR) is 106 cm³/mol. The van der Waals surface area contributed by atoms with Gasteiger partial charge in [0.05, 0.1) is 23.8 Å². The zero-order valence-electron chi connectivity index (χ0n) is 17.5. The van der Waals surface area contributed by atoms with Crippen LogP contribution in [0.3, 0.4) is 0 Å². The molecule has 0 spiro atoms. The molecule has 1 aromatic heterocycles. The van der Waals surface area contributed by atoms with E-state index in [-0.39, 0.29) is 36.3 Å². The summed E-state index contributed by atoms with van der Waals surface area (Å²) in [6.07, 6.45) is 4.96. The summed E-state index contributed by atoms with van der Waals surface area (Å²) in [5, 5.41) is 4.22. The van der Waals surface area contributed by atoms with E-state index in [4.69, 9.17) is 4.74 Å². The van der Waals surface area contributed by atoms with Crippen molar-refractivity contribution >= 4 is 11.8 Å². The second-order valence-corrected chi connectivity index (χ2v) is 8.19. The molecule has 0 bridgehead atoms. The van der Waals surface area contributed by atoms with Gasteiger partial charge < -0.3 is 19.4 Å². The van der Waals surface area contributed by atoms with Crippen molar-refractivity contribution in [2.75, 3.05) is 47.4 Å². The number of amides is 2. The van der Waals surface area contributed by atoms with Gasteiger partial charge in [0.2, 0.25) is 11.8 Å². The highest BCUT2D eigenvalue weighted by molar-refractivity contribution is 5.90. The van der Waals surface area contributed by atoms with Crippen LogP contribution in [0.15, 0.2) is 12.3 Å². The average molecular weight is 392 g/mol. The van der Waals surface area contributed by atoms with Gasteiger partial charge in [0.25, 0.3) is 0 Å². The Morgan fingerprint density at radius 2 is 2.00 bits per heavy atom. The number of hydrogen-bond donors (Lipinski definition) is 0. The first kappa shape index (κ1) is 20.8. The van der Waals surface area contributed by atoms with E-state index in [9.17, 15) is 9.59 Å². The van der Waals surface area contributed by atoms with Crippen molar-refractivity contribution < 1.29 is 14.3 Å². The lowest BCUT2D eigenvalue weighted by atomic mass is 9.94. The SMILES string of the molecule is CN(C)CCCOC1CCN(C(=O)C2CC(=O)N(C)C2c2ccnn2C)CC1. The topological polar surface area (TPSA) is 70.9 Å². The average Bonchev–Trinajstić information content (AvgIpc) is 3.21. The summed E-state index contributed by atoms with van der Waals surface area (Å²) in [5.74, 6) is -0.246. The highest BCUT2D eigenvalue weighted by Crippen LogP contribution is 2.38. The monoisotopic (exact) mass is 391 g/mol. The van der Waals surface area contributed by atoms with Gasteiger partial charge in [-0.2, -0.15) is 5.10 Å². The Morgan fingerprint density at radius 1 is 1.29 bits per heavy atom. The number of aromatic nitrogens is 2. The summed E-state index contributed by atoms with van der Waals surface area (Å²) < 4.78 is 7.74. The van der Waals surface area contributed by atoms with Crippen molar-refractivity contribution in [2.24, 2.45) is 13.0 Å². The molecular weight excluding hydrogens is 358 g/mol. The molecule has 0 aromatic carbocycles. The summed E-state index contributed by atoms with van der Waals surface area (Å²) in [5.41, 5.74) is 0.908. The van der Waals surface area contributed by atoms with Gasteiger partial charge in [0, 0.05) is 46.4 Å². The zero-order valence-corrected chi connectivity index (χ0v) is 17.5. The Morgan fingerprint density at radius 3 is 2.61 bits per heavy atom. The zero-order chi connectivity index (χ0) is 20.3. The summed E-state index contributed by atoms with van der Waals surface area (Å²) >= 11 is 0. The summed E-state index contributed by atoms with van der Waals surface area (Å²) in [6.45, 7) is 3.19. The van der Waals surface area contributed by atoms with Crippen molar-refractivity contribution in [2.45, 2.75) is 37.8 Å². The van der Waals surface area contributed by atoms with Gasteiger partial charge in [-0.1, -0.05) is 0 Å². The van der Waals surface area contributed by atoms with Crippen LogP contribution in [0.2, 0.25) is 0 Å². The molecule has 8 nitrogen and oxygen atoms in total. The van der Waals surface area contributed by atoms with Crippen LogP contribution in [0.5, 0.6) is 0 Å². The van der Waals surface area contributed by atoms with E-state index in [1.54, 1.807) is 22.8 Å². The predicted octanol–water partition coefficient (Wildman–Crippen LogP) is 0.899. The molecular formula is C20H33N5O3. The minimum Gasteiger partial charge on any atom is -0.378 e. The molecule has 2 fully saturated rings. The molecule has 2 amide bonds. The second kappa shape index (κ2) is 9.05. The number of piperidine rings is 1. The van der Waals surface area contributed by atoms with Crippen LogP contribution < -0.4 is 0 Å². The van der Waals surface area contributed by atoms with Crippen LogP contribution in [0, 0.1) is 5.92 Å². The lowest BCUT2D eigenvalue weighted by Crippen LogP contribution is -2.45. The fraction of sp³-hybridized carbons (Fsp3) is 0.750. The number of ether oxygens (including phenoxy) is 1. The Balaban J connectivity index is 1.55. The number of aryl methyl sites for hydroxylation is 1. The minimum absolute atomic E-state index is 0.0173. The molecule has 156 valence electrons. The Kier molecular flexibility index (Phi) is 6.72. The fourth-order valence-corrected chi connectivity index (χ4v) is 4.28. The van der Waals surface area contributed by atoms with E-state index < -0.39 is 0 Å². The molecule has 0 aliphatic carbocycles. The molecule has 2 saturated heterocycles. The highest BCUT2D eigenvalue weighted by atomic mass is 16.5. The van der Waals surface area contributed by atoms with E-state index in [0.29, 0.717) is 13.1 Å². The maximum absolute atomic E-state index is 13.2. The number of carbonyl (C=O) groups excluding carboxylic acids is 2. The maximum atomic E-state index is 13.2. The molecule has 0 saturated carbocycles. The third-order valence-electron chi connectivity index (χ3n) is 5.92. The van der Waals surface area contributed by atoms with Crippen molar-refractivity contribution in [3.8, 4) is 0 Å². The third kappa shape index (κ3) is 4.55. The summed E-state index contributed by atoms with van der Waals surface area (Å²) in [4.78, 5) is 31.3. The molecule has 28 heavy (non-hydrogen) atoms. The van der Waals surface area contributed by atoms with Crippen LogP contribution in [-0.4, -0.2) is 89.8 Å². The molecule has 2 aliphatic rings. The molecule has 2 aliphatic heterocycles. The Labute approximate surface area is 167 Å². The normalized spacial score (nSPS) is 23.8. The van der Waals surface area contributed by atoms with E-state index in [1.807, 2.05) is 18.0 Å². The van der Waals surface area contributed by atoms with Gasteiger partial charge in [-0.3, -0.25) is 14.3 Å². The Bertz CT molecular complexity index is 681. The molecule has 0 N–H and O–H groups in total. The minimum atomic E-state index is -0.342. The van der Waals surface area contributed by atoms with Crippen LogP contribution >= 0.6 is 0 Å². The lowest BCUT2D eigenvalue weighted by molar-refractivity contribution is -0.139. The number of hydrogen-bond acceptors (Lipinski definition) is 5. The van der Waals surface area contributed by atoms with Gasteiger partial charge in [0.15, 0.2) is 0 Å². The van der Waals surface area contributed by atoms with E-state index in [1.165, 1.54) is 0 Å². The number of nitrogens with zero attached hydrogens (tertiary/aromatic N) is 5. The van der Waals surface area contributed by atoms with Gasteiger partial charge >= 0.3 is 0 Å². The largest absolute Gasteiger partial charge is 0.378 e. The molecule has 3 rings (SSSR count). The van der Waals surface area contributed by atoms with Gasteiger partial charge in [0.1, 0.15) is 0 Å². The van der Waals surface area contributed by atoms with Gasteiger partial charge in [-0.05, 0) is 46.0 Å². The number of carbonyl (C=O) groups is 2. The van der Waals surface area contributed by atoms with Gasteiger partial charge in [-0.25, -0.2) is 0 Å². The molecule has 1 aromatic rings. The molecule has 8 heteroatoms. The van der Waals surface area contributed by atoms with E-state index in [0.717, 1.165) is 38.1 Å².